The molecular weight excluding hydrogens is 370 g/mol. The predicted octanol–water partition coefficient (Wildman–Crippen LogP) is 2.53. The van der Waals surface area contributed by atoms with Crippen LogP contribution in [0.3, 0.4) is 0 Å². The van der Waals surface area contributed by atoms with Crippen LogP contribution in [0.25, 0.3) is 5.69 Å². The monoisotopic (exact) mass is 387 g/mol. The molecule has 0 saturated carbocycles. The van der Waals surface area contributed by atoms with Crippen molar-refractivity contribution in [1.29, 1.82) is 0 Å². The van der Waals surface area contributed by atoms with E-state index in [-0.39, 0.29) is 17.6 Å². The fourth-order valence-corrected chi connectivity index (χ4v) is 3.70. The second-order valence-electron chi connectivity index (χ2n) is 6.29. The zero-order chi connectivity index (χ0) is 19.1. The van der Waals surface area contributed by atoms with E-state index in [1.807, 2.05) is 6.92 Å². The van der Waals surface area contributed by atoms with Gasteiger partial charge >= 0.3 is 0 Å². The van der Waals surface area contributed by atoms with Crippen molar-refractivity contribution in [3.63, 3.8) is 0 Å². The number of carbonyl (C=O) groups is 2. The molecule has 0 unspecified atom stereocenters. The number of fused-ring (bicyclic) bond motifs is 5. The van der Waals surface area contributed by atoms with Crippen LogP contribution in [0.5, 0.6) is 0 Å². The molecule has 9 heteroatoms. The smallest absolute Gasteiger partial charge is 0.292 e. The molecule has 2 aliphatic heterocycles. The number of nitrogens with one attached hydrogen (secondary N) is 1. The van der Waals surface area contributed by atoms with E-state index in [1.165, 1.54) is 0 Å². The summed E-state index contributed by atoms with van der Waals surface area (Å²) in [6.07, 6.45) is 2.30. The molecule has 2 aliphatic rings. The first-order valence-corrected chi connectivity index (χ1v) is 9.05. The molecular formula is C18H18ClN5O3. The molecule has 0 radical (unpaired) electrons. The van der Waals surface area contributed by atoms with E-state index >= 15 is 0 Å². The first-order valence-electron chi connectivity index (χ1n) is 8.67. The van der Waals surface area contributed by atoms with E-state index in [2.05, 4.69) is 15.5 Å². The molecule has 8 nitrogen and oxygen atoms in total. The Balaban J connectivity index is 1.78. The Hall–Kier alpha value is -2.87. The highest BCUT2D eigenvalue weighted by atomic mass is 35.5. The van der Waals surface area contributed by atoms with Crippen molar-refractivity contribution in [3.05, 3.63) is 46.5 Å². The van der Waals surface area contributed by atoms with Gasteiger partial charge in [0.1, 0.15) is 6.33 Å². The third kappa shape index (κ3) is 2.76. The number of halogens is 1. The lowest BCUT2D eigenvalue weighted by atomic mass is 9.97. The lowest BCUT2D eigenvalue weighted by Gasteiger charge is -2.39. The van der Waals surface area contributed by atoms with Gasteiger partial charge in [-0.3, -0.25) is 14.2 Å². The molecule has 1 fully saturated rings. The van der Waals surface area contributed by atoms with Gasteiger partial charge < -0.3 is 9.64 Å². The Kier molecular flexibility index (Phi) is 4.35. The van der Waals surface area contributed by atoms with E-state index in [1.54, 1.807) is 40.9 Å². The quantitative estimate of drug-likeness (QED) is 0.498. The van der Waals surface area contributed by atoms with Crippen molar-refractivity contribution in [2.45, 2.75) is 26.3 Å². The SMILES string of the molecule is CCO/C(C)=N\NC(=O)c1ncn2c1[C@@H]1CCN1C(=O)c1c(Cl)cccc1-2. The van der Waals surface area contributed by atoms with Gasteiger partial charge in [0.15, 0.2) is 5.69 Å². The largest absolute Gasteiger partial charge is 0.480 e. The van der Waals surface area contributed by atoms with Crippen molar-refractivity contribution in [3.8, 4) is 5.69 Å². The summed E-state index contributed by atoms with van der Waals surface area (Å²) < 4.78 is 6.98. The molecule has 0 aliphatic carbocycles. The number of hydrogen-bond donors (Lipinski definition) is 1. The summed E-state index contributed by atoms with van der Waals surface area (Å²) in [6.45, 7) is 4.56. The van der Waals surface area contributed by atoms with Crippen molar-refractivity contribution in [2.24, 2.45) is 5.10 Å². The van der Waals surface area contributed by atoms with Gasteiger partial charge in [0, 0.05) is 13.5 Å². The van der Waals surface area contributed by atoms with Crippen molar-refractivity contribution in [2.75, 3.05) is 13.2 Å². The number of hydrazone groups is 1. The Morgan fingerprint density at radius 3 is 3.00 bits per heavy atom. The van der Waals surface area contributed by atoms with Crippen molar-refractivity contribution in [1.82, 2.24) is 19.9 Å². The second-order valence-corrected chi connectivity index (χ2v) is 6.70. The molecule has 2 amide bonds. The van der Waals surface area contributed by atoms with Crippen LogP contribution in [-0.4, -0.2) is 45.3 Å². The topological polar surface area (TPSA) is 88.8 Å². The van der Waals surface area contributed by atoms with Crippen LogP contribution in [0.15, 0.2) is 29.6 Å². The maximum Gasteiger partial charge on any atom is 0.292 e. The lowest BCUT2D eigenvalue weighted by Crippen LogP contribution is -2.45. The maximum atomic E-state index is 12.9. The predicted molar refractivity (Wildman–Crippen MR) is 99.2 cm³/mol. The summed E-state index contributed by atoms with van der Waals surface area (Å²) in [6, 6.07) is 5.04. The lowest BCUT2D eigenvalue weighted by molar-refractivity contribution is 0.0456. The molecule has 4 rings (SSSR count). The third-order valence-electron chi connectivity index (χ3n) is 4.75. The molecule has 1 saturated heterocycles. The minimum atomic E-state index is -0.451. The molecule has 1 aromatic heterocycles. The van der Waals surface area contributed by atoms with Gasteiger partial charge in [-0.2, -0.15) is 0 Å². The standard InChI is InChI=1S/C18H18ClN5O3/c1-3-27-10(2)21-22-17(25)15-16-13-7-8-23(13)18(26)14-11(19)5-4-6-12(14)24(16)9-20-15/h4-6,9,13H,3,7-8H2,1-2H3,(H,22,25)/b21-10-/t13-/m0/s1. The maximum absolute atomic E-state index is 12.9. The molecule has 2 aromatic rings. The third-order valence-corrected chi connectivity index (χ3v) is 5.06. The average Bonchev–Trinajstić information content (AvgIpc) is 3.00. The second kappa shape index (κ2) is 6.70. The van der Waals surface area contributed by atoms with Gasteiger partial charge in [-0.15, -0.1) is 5.10 Å². The van der Waals surface area contributed by atoms with E-state index < -0.39 is 5.91 Å². The van der Waals surface area contributed by atoms with Crippen LogP contribution in [0.4, 0.5) is 0 Å². The summed E-state index contributed by atoms with van der Waals surface area (Å²) in [5, 5.41) is 4.30. The number of ether oxygens (including phenoxy) is 1. The first kappa shape index (κ1) is 17.5. The minimum absolute atomic E-state index is 0.132. The van der Waals surface area contributed by atoms with Gasteiger partial charge in [0.25, 0.3) is 11.8 Å². The highest BCUT2D eigenvalue weighted by molar-refractivity contribution is 6.34. The summed E-state index contributed by atoms with van der Waals surface area (Å²) >= 11 is 6.30. The van der Waals surface area contributed by atoms with Gasteiger partial charge in [-0.25, -0.2) is 10.4 Å². The molecule has 140 valence electrons. The van der Waals surface area contributed by atoms with Crippen LogP contribution < -0.4 is 5.43 Å². The summed E-state index contributed by atoms with van der Waals surface area (Å²) in [5.74, 6) is -0.228. The van der Waals surface area contributed by atoms with Crippen LogP contribution in [-0.2, 0) is 4.74 Å². The summed E-state index contributed by atoms with van der Waals surface area (Å²) in [5.41, 5.74) is 4.41. The highest BCUT2D eigenvalue weighted by Crippen LogP contribution is 2.42. The molecule has 1 atom stereocenters. The van der Waals surface area contributed by atoms with E-state index in [4.69, 9.17) is 16.3 Å². The molecule has 1 aromatic carbocycles. The van der Waals surface area contributed by atoms with E-state index in [9.17, 15) is 9.59 Å². The molecule has 1 N–H and O–H groups in total. The highest BCUT2D eigenvalue weighted by Gasteiger charge is 2.43. The van der Waals surface area contributed by atoms with E-state index in [0.29, 0.717) is 41.0 Å². The number of nitrogens with zero attached hydrogens (tertiary/aromatic N) is 4. The van der Waals surface area contributed by atoms with Crippen LogP contribution in [0, 0.1) is 0 Å². The fraction of sp³-hybridized carbons (Fsp3) is 0.333. The van der Waals surface area contributed by atoms with E-state index in [0.717, 1.165) is 6.42 Å². The van der Waals surface area contributed by atoms with Crippen LogP contribution in [0.2, 0.25) is 5.02 Å². The number of carbonyl (C=O) groups excluding carboxylic acids is 2. The summed E-state index contributed by atoms with van der Waals surface area (Å²) in [7, 11) is 0. The number of hydrogen-bond acceptors (Lipinski definition) is 5. The average molecular weight is 388 g/mol. The number of imidazole rings is 1. The number of aromatic nitrogens is 2. The Bertz CT molecular complexity index is 968. The van der Waals surface area contributed by atoms with Crippen LogP contribution in [0.1, 0.15) is 52.9 Å². The van der Waals surface area contributed by atoms with Gasteiger partial charge in [-0.1, -0.05) is 17.7 Å². The summed E-state index contributed by atoms with van der Waals surface area (Å²) in [4.78, 5) is 31.6. The Morgan fingerprint density at radius 2 is 2.30 bits per heavy atom. The number of rotatable bonds is 3. The van der Waals surface area contributed by atoms with Crippen molar-refractivity contribution >= 4 is 29.3 Å². The Morgan fingerprint density at radius 1 is 1.48 bits per heavy atom. The van der Waals surface area contributed by atoms with Crippen molar-refractivity contribution < 1.29 is 14.3 Å². The molecule has 0 spiro atoms. The van der Waals surface area contributed by atoms with Gasteiger partial charge in [0.05, 0.1) is 34.6 Å². The number of benzene rings is 1. The van der Waals surface area contributed by atoms with Gasteiger partial charge in [0.2, 0.25) is 5.90 Å². The minimum Gasteiger partial charge on any atom is -0.480 e. The fourth-order valence-electron chi connectivity index (χ4n) is 3.45. The Labute approximate surface area is 160 Å². The first-order chi connectivity index (χ1) is 13.0. The molecule has 3 heterocycles. The normalized spacial score (nSPS) is 18.0. The van der Waals surface area contributed by atoms with Gasteiger partial charge in [-0.05, 0) is 25.5 Å². The molecule has 0 bridgehead atoms. The zero-order valence-electron chi connectivity index (χ0n) is 14.9. The van der Waals surface area contributed by atoms with Crippen LogP contribution >= 0.6 is 11.6 Å². The zero-order valence-corrected chi connectivity index (χ0v) is 15.7. The molecule has 27 heavy (non-hydrogen) atoms. The number of amides is 2.